The zero-order chi connectivity index (χ0) is 19.1. The first-order valence-corrected chi connectivity index (χ1v) is 11.6. The number of hydrogen-bond acceptors (Lipinski definition) is 6. The van der Waals surface area contributed by atoms with Crippen LogP contribution in [-0.2, 0) is 16.1 Å². The standard InChI is InChI=1S/C19H25N3O3S2/c1-25-10-9-22-13-20-17-7-6-14(12-16(17)19(22)24)21-18(23)5-3-2-4-15-8-11-26-27-15/h6-7,12-13,15H,2-5,8-11H2,1H3,(H,21,23). The van der Waals surface area contributed by atoms with Crippen molar-refractivity contribution in [3.05, 3.63) is 34.9 Å². The second-order valence-corrected chi connectivity index (χ2v) is 9.38. The van der Waals surface area contributed by atoms with Gasteiger partial charge in [-0.1, -0.05) is 28.0 Å². The highest BCUT2D eigenvalue weighted by atomic mass is 33.1. The van der Waals surface area contributed by atoms with Crippen molar-refractivity contribution in [2.75, 3.05) is 24.8 Å². The predicted octanol–water partition coefficient (Wildman–Crippen LogP) is 3.70. The lowest BCUT2D eigenvalue weighted by atomic mass is 10.1. The number of nitrogens with zero attached hydrogens (tertiary/aromatic N) is 2. The van der Waals surface area contributed by atoms with Crippen molar-refractivity contribution in [2.45, 2.75) is 43.9 Å². The third-order valence-electron chi connectivity index (χ3n) is 4.55. The third-order valence-corrected chi connectivity index (χ3v) is 7.56. The molecule has 1 aromatic heterocycles. The third kappa shape index (κ3) is 5.73. The van der Waals surface area contributed by atoms with Gasteiger partial charge < -0.3 is 10.1 Å². The van der Waals surface area contributed by atoms with Crippen LogP contribution >= 0.6 is 21.6 Å². The van der Waals surface area contributed by atoms with Crippen molar-refractivity contribution in [1.82, 2.24) is 9.55 Å². The summed E-state index contributed by atoms with van der Waals surface area (Å²) in [6, 6.07) is 5.26. The van der Waals surface area contributed by atoms with Crippen molar-refractivity contribution in [2.24, 2.45) is 0 Å². The van der Waals surface area contributed by atoms with Gasteiger partial charge in [-0.25, -0.2) is 4.98 Å². The van der Waals surface area contributed by atoms with Gasteiger partial charge in [0.1, 0.15) is 0 Å². The lowest BCUT2D eigenvalue weighted by Gasteiger charge is -2.09. The molecule has 27 heavy (non-hydrogen) atoms. The maximum Gasteiger partial charge on any atom is 0.261 e. The summed E-state index contributed by atoms with van der Waals surface area (Å²) in [5.41, 5.74) is 1.14. The van der Waals surface area contributed by atoms with E-state index in [1.165, 1.54) is 29.5 Å². The van der Waals surface area contributed by atoms with Crippen molar-refractivity contribution in [1.29, 1.82) is 0 Å². The molecule has 1 amide bonds. The number of fused-ring (bicyclic) bond motifs is 1. The quantitative estimate of drug-likeness (QED) is 0.505. The maximum atomic E-state index is 12.6. The van der Waals surface area contributed by atoms with Crippen LogP contribution in [0.1, 0.15) is 32.1 Å². The van der Waals surface area contributed by atoms with E-state index in [-0.39, 0.29) is 11.5 Å². The minimum Gasteiger partial charge on any atom is -0.383 e. The van der Waals surface area contributed by atoms with E-state index in [1.54, 1.807) is 25.3 Å². The minimum atomic E-state index is -0.125. The number of rotatable bonds is 9. The number of benzene rings is 1. The molecule has 6 nitrogen and oxygen atoms in total. The van der Waals surface area contributed by atoms with Gasteiger partial charge in [-0.2, -0.15) is 0 Å². The number of amides is 1. The predicted molar refractivity (Wildman–Crippen MR) is 113 cm³/mol. The molecule has 0 aliphatic carbocycles. The van der Waals surface area contributed by atoms with Crippen molar-refractivity contribution >= 4 is 44.1 Å². The Bertz CT molecular complexity index is 835. The van der Waals surface area contributed by atoms with Crippen LogP contribution < -0.4 is 10.9 Å². The van der Waals surface area contributed by atoms with E-state index in [0.29, 0.717) is 36.2 Å². The van der Waals surface area contributed by atoms with Crippen molar-refractivity contribution in [3.63, 3.8) is 0 Å². The Hall–Kier alpha value is -1.51. The summed E-state index contributed by atoms with van der Waals surface area (Å²) in [5, 5.41) is 4.16. The Labute approximate surface area is 166 Å². The summed E-state index contributed by atoms with van der Waals surface area (Å²) < 4.78 is 6.55. The van der Waals surface area contributed by atoms with Gasteiger partial charge in [-0.05, 0) is 37.5 Å². The molecule has 3 rings (SSSR count). The lowest BCUT2D eigenvalue weighted by molar-refractivity contribution is -0.116. The Kier molecular flexibility index (Phi) is 7.60. The maximum absolute atomic E-state index is 12.6. The zero-order valence-electron chi connectivity index (χ0n) is 15.5. The number of ether oxygens (including phenoxy) is 1. The van der Waals surface area contributed by atoms with Crippen LogP contribution in [-0.4, -0.2) is 40.2 Å². The van der Waals surface area contributed by atoms with Gasteiger partial charge >= 0.3 is 0 Å². The molecule has 1 aliphatic rings. The molecule has 0 radical (unpaired) electrons. The first-order valence-electron chi connectivity index (χ1n) is 9.23. The van der Waals surface area contributed by atoms with Gasteiger partial charge in [-0.15, -0.1) is 0 Å². The molecule has 1 aromatic carbocycles. The average Bonchev–Trinajstić information content (AvgIpc) is 3.19. The van der Waals surface area contributed by atoms with Crippen molar-refractivity contribution < 1.29 is 9.53 Å². The molecule has 0 spiro atoms. The number of carbonyl (C=O) groups is 1. The van der Waals surface area contributed by atoms with Gasteiger partial charge in [0.05, 0.1) is 30.4 Å². The van der Waals surface area contributed by atoms with Crippen LogP contribution in [0.15, 0.2) is 29.3 Å². The summed E-state index contributed by atoms with van der Waals surface area (Å²) in [6.45, 7) is 0.897. The fourth-order valence-corrected chi connectivity index (χ4v) is 6.06. The van der Waals surface area contributed by atoms with E-state index in [0.717, 1.165) is 18.1 Å². The molecule has 1 unspecified atom stereocenters. The average molecular weight is 408 g/mol. The van der Waals surface area contributed by atoms with Gasteiger partial charge in [-0.3, -0.25) is 14.2 Å². The Morgan fingerprint density at radius 3 is 3.07 bits per heavy atom. The topological polar surface area (TPSA) is 73.2 Å². The monoisotopic (exact) mass is 407 g/mol. The minimum absolute atomic E-state index is 0.00796. The SMILES string of the molecule is COCCn1cnc2ccc(NC(=O)CCCCC3CCSS3)cc2c1=O. The van der Waals surface area contributed by atoms with E-state index in [2.05, 4.69) is 10.3 Å². The summed E-state index contributed by atoms with van der Waals surface area (Å²) in [6.07, 6.45) is 6.49. The largest absolute Gasteiger partial charge is 0.383 e. The van der Waals surface area contributed by atoms with Crippen LogP contribution in [0.4, 0.5) is 5.69 Å². The van der Waals surface area contributed by atoms with Gasteiger partial charge in [0.25, 0.3) is 5.56 Å². The van der Waals surface area contributed by atoms with E-state index in [1.807, 2.05) is 21.6 Å². The lowest BCUT2D eigenvalue weighted by Crippen LogP contribution is -2.22. The number of unbranched alkanes of at least 4 members (excludes halogenated alkanes) is 1. The first kappa shape index (κ1) is 20.2. The molecule has 1 fully saturated rings. The molecular weight excluding hydrogens is 382 g/mol. The number of carbonyl (C=O) groups excluding carboxylic acids is 1. The summed E-state index contributed by atoms with van der Waals surface area (Å²) in [4.78, 5) is 29.1. The highest BCUT2D eigenvalue weighted by molar-refractivity contribution is 8.77. The van der Waals surface area contributed by atoms with E-state index >= 15 is 0 Å². The molecule has 0 saturated carbocycles. The number of anilines is 1. The Balaban J connectivity index is 1.56. The number of aromatic nitrogens is 2. The molecule has 146 valence electrons. The van der Waals surface area contributed by atoms with E-state index < -0.39 is 0 Å². The summed E-state index contributed by atoms with van der Waals surface area (Å²) >= 11 is 0. The molecule has 2 heterocycles. The van der Waals surface area contributed by atoms with Gasteiger partial charge in [0.15, 0.2) is 0 Å². The smallest absolute Gasteiger partial charge is 0.261 e. The van der Waals surface area contributed by atoms with Crippen LogP contribution in [0.2, 0.25) is 0 Å². The van der Waals surface area contributed by atoms with Crippen LogP contribution in [0.25, 0.3) is 10.9 Å². The second kappa shape index (κ2) is 10.1. The first-order chi connectivity index (χ1) is 13.2. The second-order valence-electron chi connectivity index (χ2n) is 6.59. The fraction of sp³-hybridized carbons (Fsp3) is 0.526. The molecule has 8 heteroatoms. The molecule has 1 atom stereocenters. The normalized spacial score (nSPS) is 16.7. The highest BCUT2D eigenvalue weighted by Gasteiger charge is 2.16. The van der Waals surface area contributed by atoms with E-state index in [4.69, 9.17) is 4.74 Å². The summed E-state index contributed by atoms with van der Waals surface area (Å²) in [7, 11) is 5.53. The molecule has 2 aromatic rings. The number of nitrogens with one attached hydrogen (secondary N) is 1. The molecule has 0 bridgehead atoms. The molecule has 1 saturated heterocycles. The molecule has 1 aliphatic heterocycles. The van der Waals surface area contributed by atoms with Crippen LogP contribution in [0.3, 0.4) is 0 Å². The van der Waals surface area contributed by atoms with E-state index in [9.17, 15) is 9.59 Å². The fourth-order valence-electron chi connectivity index (χ4n) is 3.03. The van der Waals surface area contributed by atoms with Gasteiger partial charge in [0.2, 0.25) is 5.91 Å². The van der Waals surface area contributed by atoms with Gasteiger partial charge in [0, 0.05) is 30.2 Å². The Morgan fingerprint density at radius 2 is 2.30 bits per heavy atom. The molecule has 1 N–H and O–H groups in total. The molecular formula is C19H25N3O3S2. The summed E-state index contributed by atoms with van der Waals surface area (Å²) in [5.74, 6) is 1.24. The zero-order valence-corrected chi connectivity index (χ0v) is 17.1. The number of hydrogen-bond donors (Lipinski definition) is 1. The highest BCUT2D eigenvalue weighted by Crippen LogP contribution is 2.39. The number of methoxy groups -OCH3 is 1. The Morgan fingerprint density at radius 1 is 1.41 bits per heavy atom. The van der Waals surface area contributed by atoms with Crippen molar-refractivity contribution in [3.8, 4) is 0 Å². The van der Waals surface area contributed by atoms with Crippen LogP contribution in [0, 0.1) is 0 Å². The van der Waals surface area contributed by atoms with Crippen LogP contribution in [0.5, 0.6) is 0 Å².